The molecule has 0 spiro atoms. The zero-order valence-electron chi connectivity index (χ0n) is 21.6. The van der Waals surface area contributed by atoms with Crippen molar-refractivity contribution in [2.24, 2.45) is 0 Å². The Labute approximate surface area is 233 Å². The zero-order chi connectivity index (χ0) is 26.4. The van der Waals surface area contributed by atoms with Gasteiger partial charge in [0.05, 0.1) is 26.8 Å². The molecule has 0 aliphatic carbocycles. The minimum Gasteiger partial charge on any atom is -0.309 e. The number of para-hydroxylation sites is 2. The summed E-state index contributed by atoms with van der Waals surface area (Å²) in [6.07, 6.45) is 0. The molecule has 0 aliphatic heterocycles. The van der Waals surface area contributed by atoms with E-state index in [1.807, 2.05) is 18.2 Å². The van der Waals surface area contributed by atoms with E-state index in [1.54, 1.807) is 0 Å². The van der Waals surface area contributed by atoms with Gasteiger partial charge in [0.25, 0.3) is 0 Å². The monoisotopic (exact) mass is 534 g/mol. The smallest absolute Gasteiger partial charge is 0.0832 e. The first-order valence-electron chi connectivity index (χ1n) is 12.8. The van der Waals surface area contributed by atoms with Crippen LogP contribution < -0.4 is 4.90 Å². The quantitative estimate of drug-likeness (QED) is 0.218. The van der Waals surface area contributed by atoms with Crippen molar-refractivity contribution in [2.75, 3.05) is 4.90 Å². The van der Waals surface area contributed by atoms with E-state index in [0.29, 0.717) is 10.0 Å². The van der Waals surface area contributed by atoms with E-state index in [2.05, 4.69) is 127 Å². The molecule has 188 valence electrons. The van der Waals surface area contributed by atoms with Gasteiger partial charge in [-0.25, -0.2) is 0 Å². The van der Waals surface area contributed by atoms with E-state index < -0.39 is 0 Å². The van der Waals surface area contributed by atoms with Gasteiger partial charge >= 0.3 is 0 Å². The van der Waals surface area contributed by atoms with Gasteiger partial charge in [0.1, 0.15) is 0 Å². The summed E-state index contributed by atoms with van der Waals surface area (Å²) in [4.78, 5) is 2.18. The molecule has 38 heavy (non-hydrogen) atoms. The lowest BCUT2D eigenvalue weighted by Gasteiger charge is -2.28. The lowest BCUT2D eigenvalue weighted by atomic mass is 9.87. The van der Waals surface area contributed by atoms with E-state index in [4.69, 9.17) is 23.2 Å². The molecule has 0 aliphatic rings. The number of hydrogen-bond acceptors (Lipinski definition) is 1. The van der Waals surface area contributed by atoms with Gasteiger partial charge in [-0.3, -0.25) is 0 Å². The van der Waals surface area contributed by atoms with Crippen molar-refractivity contribution in [1.29, 1.82) is 0 Å². The van der Waals surface area contributed by atoms with Crippen molar-refractivity contribution in [3.8, 4) is 5.69 Å². The second kappa shape index (κ2) is 9.54. The number of aromatic nitrogens is 1. The molecular formula is C34H28Cl2N2. The Bertz CT molecular complexity index is 1720. The summed E-state index contributed by atoms with van der Waals surface area (Å²) >= 11 is 13.3. The third-order valence-corrected chi connectivity index (χ3v) is 7.90. The number of benzene rings is 5. The summed E-state index contributed by atoms with van der Waals surface area (Å²) in [6.45, 7) is 6.68. The maximum absolute atomic E-state index is 6.81. The average Bonchev–Trinajstić information content (AvgIpc) is 3.26. The summed E-state index contributed by atoms with van der Waals surface area (Å²) in [5, 5.41) is 3.53. The average molecular weight is 536 g/mol. The molecule has 0 radical (unpaired) electrons. The fourth-order valence-electron chi connectivity index (χ4n) is 5.17. The molecule has 0 unspecified atom stereocenters. The molecular weight excluding hydrogens is 507 g/mol. The number of fused-ring (bicyclic) bond motifs is 3. The first kappa shape index (κ1) is 24.6. The highest BCUT2D eigenvalue weighted by Gasteiger charge is 2.20. The van der Waals surface area contributed by atoms with Crippen molar-refractivity contribution in [3.05, 3.63) is 131 Å². The summed E-state index contributed by atoms with van der Waals surface area (Å²) in [5.74, 6) is 0. The molecule has 6 aromatic rings. The molecule has 6 rings (SSSR count). The number of nitrogens with zero attached hydrogens (tertiary/aromatic N) is 2. The van der Waals surface area contributed by atoms with Crippen LogP contribution in [-0.4, -0.2) is 4.57 Å². The molecule has 0 N–H and O–H groups in total. The first-order valence-corrected chi connectivity index (χ1v) is 13.5. The Morgan fingerprint density at radius 1 is 0.605 bits per heavy atom. The SMILES string of the molecule is CC(C)(C)c1ccc(N(c2cccc(-n3c4ccccc4c4ccccc43)c2)c2cccc(Cl)c2Cl)cc1. The standard InChI is InChI=1S/C34H28Cl2N2/c1-34(2,3)23-18-20-24(21-19-23)37(32-17-9-14-29(35)33(32)36)25-10-8-11-26(22-25)38-30-15-6-4-12-27(30)28-13-5-7-16-31(28)38/h4-22H,1-3H3. The van der Waals surface area contributed by atoms with E-state index in [-0.39, 0.29) is 5.41 Å². The number of halogens is 2. The van der Waals surface area contributed by atoms with Crippen LogP contribution in [0, 0.1) is 0 Å². The molecule has 4 heteroatoms. The van der Waals surface area contributed by atoms with Gasteiger partial charge in [-0.15, -0.1) is 0 Å². The van der Waals surface area contributed by atoms with Gasteiger partial charge in [0, 0.05) is 27.8 Å². The summed E-state index contributed by atoms with van der Waals surface area (Å²) in [5.41, 5.74) is 7.61. The Kier molecular flexibility index (Phi) is 6.18. The second-order valence-electron chi connectivity index (χ2n) is 10.6. The second-order valence-corrected chi connectivity index (χ2v) is 11.4. The van der Waals surface area contributed by atoms with Gasteiger partial charge in [-0.2, -0.15) is 0 Å². The minimum absolute atomic E-state index is 0.0630. The van der Waals surface area contributed by atoms with Gasteiger partial charge in [0.2, 0.25) is 0 Å². The number of hydrogen-bond donors (Lipinski definition) is 0. The molecule has 1 heterocycles. The van der Waals surface area contributed by atoms with Crippen LogP contribution in [-0.2, 0) is 5.41 Å². The Morgan fingerprint density at radius 3 is 1.84 bits per heavy atom. The highest BCUT2D eigenvalue weighted by Crippen LogP contribution is 2.43. The largest absolute Gasteiger partial charge is 0.309 e. The lowest BCUT2D eigenvalue weighted by molar-refractivity contribution is 0.590. The molecule has 5 aromatic carbocycles. The van der Waals surface area contributed by atoms with Gasteiger partial charge < -0.3 is 9.47 Å². The van der Waals surface area contributed by atoms with Crippen LogP contribution in [0.5, 0.6) is 0 Å². The molecule has 0 fully saturated rings. The highest BCUT2D eigenvalue weighted by molar-refractivity contribution is 6.44. The normalized spacial score (nSPS) is 11.8. The van der Waals surface area contributed by atoms with Gasteiger partial charge in [-0.05, 0) is 65.6 Å². The molecule has 0 saturated heterocycles. The van der Waals surface area contributed by atoms with Crippen LogP contribution in [0.4, 0.5) is 17.1 Å². The Morgan fingerprint density at radius 2 is 1.21 bits per heavy atom. The topological polar surface area (TPSA) is 8.17 Å². The molecule has 0 saturated carbocycles. The summed E-state index contributed by atoms with van der Waals surface area (Å²) in [7, 11) is 0. The summed E-state index contributed by atoms with van der Waals surface area (Å²) < 4.78 is 2.33. The zero-order valence-corrected chi connectivity index (χ0v) is 23.1. The minimum atomic E-state index is 0.0630. The Hall–Kier alpha value is -3.72. The fourth-order valence-corrected chi connectivity index (χ4v) is 5.55. The van der Waals surface area contributed by atoms with Crippen molar-refractivity contribution in [1.82, 2.24) is 4.57 Å². The molecule has 2 nitrogen and oxygen atoms in total. The first-order chi connectivity index (χ1) is 18.3. The predicted octanol–water partition coefficient (Wildman–Crippen LogP) is 10.9. The van der Waals surface area contributed by atoms with Crippen molar-refractivity contribution >= 4 is 62.1 Å². The molecule has 1 aromatic heterocycles. The highest BCUT2D eigenvalue weighted by atomic mass is 35.5. The van der Waals surface area contributed by atoms with Crippen LogP contribution in [0.3, 0.4) is 0 Å². The molecule has 0 atom stereocenters. The number of anilines is 3. The van der Waals surface area contributed by atoms with E-state index in [0.717, 1.165) is 22.7 Å². The van der Waals surface area contributed by atoms with E-state index in [1.165, 1.54) is 27.4 Å². The van der Waals surface area contributed by atoms with Crippen molar-refractivity contribution in [2.45, 2.75) is 26.2 Å². The predicted molar refractivity (Wildman–Crippen MR) is 164 cm³/mol. The Balaban J connectivity index is 1.57. The maximum atomic E-state index is 6.81. The maximum Gasteiger partial charge on any atom is 0.0832 e. The third kappa shape index (κ3) is 4.24. The lowest BCUT2D eigenvalue weighted by Crippen LogP contribution is -2.13. The third-order valence-electron chi connectivity index (χ3n) is 7.09. The van der Waals surface area contributed by atoms with E-state index >= 15 is 0 Å². The molecule has 0 amide bonds. The van der Waals surface area contributed by atoms with Crippen molar-refractivity contribution in [3.63, 3.8) is 0 Å². The van der Waals surface area contributed by atoms with Crippen LogP contribution in [0.1, 0.15) is 26.3 Å². The van der Waals surface area contributed by atoms with E-state index in [9.17, 15) is 0 Å². The van der Waals surface area contributed by atoms with Crippen LogP contribution in [0.2, 0.25) is 10.0 Å². The summed E-state index contributed by atoms with van der Waals surface area (Å²) in [6, 6.07) is 40.2. The van der Waals surface area contributed by atoms with Gasteiger partial charge in [-0.1, -0.05) is 105 Å². The van der Waals surface area contributed by atoms with Crippen LogP contribution in [0.25, 0.3) is 27.5 Å². The van der Waals surface area contributed by atoms with Crippen molar-refractivity contribution < 1.29 is 0 Å². The number of rotatable bonds is 4. The van der Waals surface area contributed by atoms with Crippen LogP contribution in [0.15, 0.2) is 115 Å². The van der Waals surface area contributed by atoms with Crippen LogP contribution >= 0.6 is 23.2 Å². The fraction of sp³-hybridized carbons (Fsp3) is 0.118. The van der Waals surface area contributed by atoms with Gasteiger partial charge in [0.15, 0.2) is 0 Å². The molecule has 0 bridgehead atoms.